The molecule has 0 bridgehead atoms. The molecular weight excluding hydrogens is 178 g/mol. The molecule has 0 aliphatic rings. The minimum absolute atomic E-state index is 0.240. The lowest BCUT2D eigenvalue weighted by atomic mass is 10.1. The van der Waals surface area contributed by atoms with Crippen molar-refractivity contribution in [3.8, 4) is 0 Å². The van der Waals surface area contributed by atoms with Crippen LogP contribution in [0.2, 0.25) is 0 Å². The summed E-state index contributed by atoms with van der Waals surface area (Å²) >= 11 is 0. The van der Waals surface area contributed by atoms with Crippen LogP contribution in [-0.2, 0) is 0 Å². The Morgan fingerprint density at radius 2 is 2.14 bits per heavy atom. The number of aryl methyl sites for hydroxylation is 1. The van der Waals surface area contributed by atoms with Gasteiger partial charge in [-0.3, -0.25) is 4.90 Å². The van der Waals surface area contributed by atoms with Crippen LogP contribution in [0, 0.1) is 6.92 Å². The molecule has 0 aliphatic carbocycles. The molecule has 1 rings (SSSR count). The first-order valence-electron chi connectivity index (χ1n) is 4.98. The molecule has 1 aromatic rings. The van der Waals surface area contributed by atoms with E-state index >= 15 is 0 Å². The van der Waals surface area contributed by atoms with E-state index in [0.717, 1.165) is 24.4 Å². The zero-order valence-corrected chi connectivity index (χ0v) is 9.16. The van der Waals surface area contributed by atoms with Gasteiger partial charge in [-0.05, 0) is 46.0 Å². The molecule has 0 spiro atoms. The van der Waals surface area contributed by atoms with Gasteiger partial charge in [0.15, 0.2) is 0 Å². The van der Waals surface area contributed by atoms with Gasteiger partial charge in [-0.1, -0.05) is 0 Å². The molecule has 0 amide bonds. The number of hydrogen-bond donors (Lipinski definition) is 1. The summed E-state index contributed by atoms with van der Waals surface area (Å²) in [5.41, 5.74) is 0. The summed E-state index contributed by atoms with van der Waals surface area (Å²) in [7, 11) is 4.06. The van der Waals surface area contributed by atoms with Crippen LogP contribution in [0.1, 0.15) is 30.4 Å². The molecular formula is C11H19NO2. The Labute approximate surface area is 85.3 Å². The normalized spacial score (nSPS) is 13.5. The van der Waals surface area contributed by atoms with Crippen LogP contribution >= 0.6 is 0 Å². The smallest absolute Gasteiger partial charge is 0.121 e. The fourth-order valence-electron chi connectivity index (χ4n) is 1.57. The molecule has 1 aromatic heterocycles. The average molecular weight is 197 g/mol. The van der Waals surface area contributed by atoms with E-state index in [0.29, 0.717) is 0 Å². The minimum atomic E-state index is 0.240. The second-order valence-electron chi connectivity index (χ2n) is 3.79. The second-order valence-corrected chi connectivity index (χ2v) is 3.79. The maximum absolute atomic E-state index is 8.80. The molecule has 0 fully saturated rings. The molecule has 1 N–H and O–H groups in total. The summed E-state index contributed by atoms with van der Waals surface area (Å²) in [6.07, 6.45) is 1.74. The van der Waals surface area contributed by atoms with Crippen molar-refractivity contribution in [2.24, 2.45) is 0 Å². The van der Waals surface area contributed by atoms with Crippen LogP contribution in [0.4, 0.5) is 0 Å². The standard InChI is InChI=1S/C11H19NO2/c1-9-6-7-11(14-9)10(12(2)3)5-4-8-13/h6-7,10,13H,4-5,8H2,1-3H3. The maximum atomic E-state index is 8.80. The predicted octanol–water partition coefficient (Wildman–Crippen LogP) is 1.96. The lowest BCUT2D eigenvalue weighted by Gasteiger charge is -2.21. The van der Waals surface area contributed by atoms with Crippen molar-refractivity contribution in [3.05, 3.63) is 23.7 Å². The van der Waals surface area contributed by atoms with Gasteiger partial charge in [0.1, 0.15) is 11.5 Å². The summed E-state index contributed by atoms with van der Waals surface area (Å²) in [5, 5.41) is 8.80. The summed E-state index contributed by atoms with van der Waals surface area (Å²) in [6.45, 7) is 2.19. The highest BCUT2D eigenvalue weighted by Crippen LogP contribution is 2.24. The molecule has 80 valence electrons. The molecule has 3 heteroatoms. The van der Waals surface area contributed by atoms with E-state index in [1.165, 1.54) is 0 Å². The molecule has 1 atom stereocenters. The van der Waals surface area contributed by atoms with Gasteiger partial charge in [0.05, 0.1) is 6.04 Å². The summed E-state index contributed by atoms with van der Waals surface area (Å²) < 4.78 is 5.58. The van der Waals surface area contributed by atoms with Crippen LogP contribution in [0.5, 0.6) is 0 Å². The molecule has 3 nitrogen and oxygen atoms in total. The molecule has 0 saturated heterocycles. The van der Waals surface area contributed by atoms with Gasteiger partial charge in [0, 0.05) is 6.61 Å². The molecule has 14 heavy (non-hydrogen) atoms. The fraction of sp³-hybridized carbons (Fsp3) is 0.636. The SMILES string of the molecule is Cc1ccc(C(CCCO)N(C)C)o1. The van der Waals surface area contributed by atoms with Crippen molar-refractivity contribution in [1.82, 2.24) is 4.90 Å². The van der Waals surface area contributed by atoms with Gasteiger partial charge >= 0.3 is 0 Å². The Hall–Kier alpha value is -0.800. The van der Waals surface area contributed by atoms with Crippen molar-refractivity contribution >= 4 is 0 Å². The average Bonchev–Trinajstić information content (AvgIpc) is 2.52. The van der Waals surface area contributed by atoms with Crippen molar-refractivity contribution in [3.63, 3.8) is 0 Å². The van der Waals surface area contributed by atoms with Crippen LogP contribution in [0.3, 0.4) is 0 Å². The quantitative estimate of drug-likeness (QED) is 0.784. The van der Waals surface area contributed by atoms with Gasteiger partial charge in [-0.2, -0.15) is 0 Å². The van der Waals surface area contributed by atoms with E-state index in [9.17, 15) is 0 Å². The van der Waals surface area contributed by atoms with Gasteiger partial charge in [0.25, 0.3) is 0 Å². The van der Waals surface area contributed by atoms with E-state index in [1.54, 1.807) is 0 Å². The van der Waals surface area contributed by atoms with E-state index in [2.05, 4.69) is 4.90 Å². The van der Waals surface area contributed by atoms with Crippen molar-refractivity contribution in [1.29, 1.82) is 0 Å². The van der Waals surface area contributed by atoms with E-state index in [4.69, 9.17) is 9.52 Å². The molecule has 0 aromatic carbocycles. The molecule has 0 radical (unpaired) electrons. The highest BCUT2D eigenvalue weighted by molar-refractivity contribution is 5.09. The number of rotatable bonds is 5. The lowest BCUT2D eigenvalue weighted by Crippen LogP contribution is -2.19. The monoisotopic (exact) mass is 197 g/mol. The summed E-state index contributed by atoms with van der Waals surface area (Å²) in [6, 6.07) is 4.26. The van der Waals surface area contributed by atoms with Crippen LogP contribution in [-0.4, -0.2) is 30.7 Å². The third kappa shape index (κ3) is 2.86. The van der Waals surface area contributed by atoms with Crippen LogP contribution in [0.25, 0.3) is 0 Å². The van der Waals surface area contributed by atoms with E-state index in [-0.39, 0.29) is 12.6 Å². The van der Waals surface area contributed by atoms with Gasteiger partial charge in [-0.15, -0.1) is 0 Å². The topological polar surface area (TPSA) is 36.6 Å². The van der Waals surface area contributed by atoms with Gasteiger partial charge < -0.3 is 9.52 Å². The highest BCUT2D eigenvalue weighted by atomic mass is 16.3. The highest BCUT2D eigenvalue weighted by Gasteiger charge is 2.16. The second kappa shape index (κ2) is 5.17. The number of furan rings is 1. The van der Waals surface area contributed by atoms with E-state index in [1.807, 2.05) is 33.2 Å². The van der Waals surface area contributed by atoms with Crippen molar-refractivity contribution < 1.29 is 9.52 Å². The van der Waals surface area contributed by atoms with Crippen LogP contribution < -0.4 is 0 Å². The maximum Gasteiger partial charge on any atom is 0.121 e. The number of hydrogen-bond acceptors (Lipinski definition) is 3. The Balaban J connectivity index is 2.67. The van der Waals surface area contributed by atoms with Crippen molar-refractivity contribution in [2.75, 3.05) is 20.7 Å². The lowest BCUT2D eigenvalue weighted by molar-refractivity contribution is 0.213. The Bertz CT molecular complexity index is 268. The first-order valence-corrected chi connectivity index (χ1v) is 4.98. The third-order valence-corrected chi connectivity index (χ3v) is 2.35. The fourth-order valence-corrected chi connectivity index (χ4v) is 1.57. The molecule has 0 aliphatic heterocycles. The summed E-state index contributed by atoms with van der Waals surface area (Å²) in [4.78, 5) is 2.12. The van der Waals surface area contributed by atoms with Crippen molar-refractivity contribution in [2.45, 2.75) is 25.8 Å². The Morgan fingerprint density at radius 3 is 2.57 bits per heavy atom. The number of nitrogens with zero attached hydrogens (tertiary/aromatic N) is 1. The van der Waals surface area contributed by atoms with E-state index < -0.39 is 0 Å². The Kier molecular flexibility index (Phi) is 4.17. The van der Waals surface area contributed by atoms with Gasteiger partial charge in [0.2, 0.25) is 0 Å². The zero-order valence-electron chi connectivity index (χ0n) is 9.16. The van der Waals surface area contributed by atoms with Gasteiger partial charge in [-0.25, -0.2) is 0 Å². The first kappa shape index (κ1) is 11.3. The third-order valence-electron chi connectivity index (χ3n) is 2.35. The zero-order chi connectivity index (χ0) is 10.6. The molecule has 0 saturated carbocycles. The summed E-state index contributed by atoms with van der Waals surface area (Å²) in [5.74, 6) is 1.93. The van der Waals surface area contributed by atoms with Crippen LogP contribution in [0.15, 0.2) is 16.5 Å². The largest absolute Gasteiger partial charge is 0.465 e. The molecule has 1 unspecified atom stereocenters. The first-order chi connectivity index (χ1) is 6.65. The molecule has 1 heterocycles. The predicted molar refractivity (Wildman–Crippen MR) is 56.2 cm³/mol. The Morgan fingerprint density at radius 1 is 1.43 bits per heavy atom. The minimum Gasteiger partial charge on any atom is -0.465 e. The number of aliphatic hydroxyl groups is 1. The number of aliphatic hydroxyl groups excluding tert-OH is 1.